The zero-order valence-electron chi connectivity index (χ0n) is 11.5. The van der Waals surface area contributed by atoms with Crippen molar-refractivity contribution in [3.8, 4) is 0 Å². The molecule has 0 aliphatic heterocycles. The second-order valence-corrected chi connectivity index (χ2v) is 9.72. The van der Waals surface area contributed by atoms with Crippen molar-refractivity contribution < 1.29 is 0 Å². The molecule has 0 radical (unpaired) electrons. The van der Waals surface area contributed by atoms with Crippen LogP contribution in [-0.2, 0) is 0 Å². The summed E-state index contributed by atoms with van der Waals surface area (Å²) in [5.74, 6) is 0. The van der Waals surface area contributed by atoms with Crippen molar-refractivity contribution in [3.05, 3.63) is 0 Å². The summed E-state index contributed by atoms with van der Waals surface area (Å²) < 4.78 is 0. The Morgan fingerprint density at radius 1 is 0.467 bits per heavy atom. The Labute approximate surface area is 107 Å². The van der Waals surface area contributed by atoms with Gasteiger partial charge in [-0.1, -0.05) is 41.5 Å². The monoisotopic (exact) mass is 272 g/mol. The number of hydrogen-bond donors (Lipinski definition) is 0. The van der Waals surface area contributed by atoms with Crippen LogP contribution in [0.25, 0.3) is 0 Å². The van der Waals surface area contributed by atoms with Crippen molar-refractivity contribution in [3.63, 3.8) is 0 Å². The average Bonchev–Trinajstić information content (AvgIpc) is 2.24. The van der Waals surface area contributed by atoms with E-state index in [0.29, 0.717) is 15.8 Å². The zero-order valence-corrected chi connectivity index (χ0v) is 14.2. The molecule has 0 aliphatic rings. The molecule has 0 saturated carbocycles. The van der Waals surface area contributed by atoms with Crippen LogP contribution in [0.5, 0.6) is 0 Å². The normalized spacial score (nSPS) is 9.60. The van der Waals surface area contributed by atoms with Gasteiger partial charge in [-0.2, -0.15) is 0 Å². The van der Waals surface area contributed by atoms with E-state index in [9.17, 15) is 0 Å². The van der Waals surface area contributed by atoms with E-state index in [2.05, 4.69) is 41.5 Å². The van der Waals surface area contributed by atoms with Gasteiger partial charge in [0.2, 0.25) is 0 Å². The first-order chi connectivity index (χ1) is 6.69. The van der Waals surface area contributed by atoms with Gasteiger partial charge in [0.05, 0.1) is 0 Å². The molecule has 0 spiro atoms. The highest BCUT2D eigenvalue weighted by atomic mass is 35.5. The van der Waals surface area contributed by atoms with E-state index in [1.165, 1.54) is 37.0 Å². The minimum Gasteiger partial charge on any atom is -0.147 e. The van der Waals surface area contributed by atoms with Gasteiger partial charge in [-0.3, -0.25) is 0 Å². The van der Waals surface area contributed by atoms with Crippen molar-refractivity contribution in [2.45, 2.75) is 41.5 Å². The lowest BCUT2D eigenvalue weighted by atomic mass is 10.9. The van der Waals surface area contributed by atoms with Crippen molar-refractivity contribution in [2.75, 3.05) is 37.0 Å². The van der Waals surface area contributed by atoms with Crippen LogP contribution in [0.4, 0.5) is 0 Å². The summed E-state index contributed by atoms with van der Waals surface area (Å²) >= 11 is 0. The third-order valence-electron chi connectivity index (χ3n) is 2.68. The Balaban J connectivity index is -0.000000180. The molecule has 0 aromatic carbocycles. The van der Waals surface area contributed by atoms with E-state index in [-0.39, 0.29) is 12.4 Å². The fraction of sp³-hybridized carbons (Fsp3) is 1.00. The van der Waals surface area contributed by atoms with Gasteiger partial charge in [-0.15, -0.1) is 28.3 Å². The quantitative estimate of drug-likeness (QED) is 0.562. The second kappa shape index (κ2) is 17.5. The number of halogens is 1. The number of rotatable bonds is 6. The maximum absolute atomic E-state index is 2.29. The maximum atomic E-state index is 2.29. The minimum atomic E-state index is 0. The number of hydrogen-bond acceptors (Lipinski definition) is 0. The lowest BCUT2D eigenvalue weighted by Gasteiger charge is -2.07. The van der Waals surface area contributed by atoms with Gasteiger partial charge in [-0.05, 0) is 37.0 Å². The molecule has 0 amide bonds. The molecule has 0 aliphatic carbocycles. The van der Waals surface area contributed by atoms with Gasteiger partial charge in [0.25, 0.3) is 0 Å². The van der Waals surface area contributed by atoms with E-state index in [1.807, 2.05) is 0 Å². The summed E-state index contributed by atoms with van der Waals surface area (Å²) in [6.07, 6.45) is 8.51. The van der Waals surface area contributed by atoms with Crippen molar-refractivity contribution >= 4 is 28.3 Å². The topological polar surface area (TPSA) is 0 Å². The van der Waals surface area contributed by atoms with Crippen LogP contribution >= 0.6 is 28.3 Å². The molecule has 0 aromatic heterocycles. The molecular formula is C12H31ClP2. The van der Waals surface area contributed by atoms with E-state index in [1.54, 1.807) is 0 Å². The molecule has 96 valence electrons. The highest BCUT2D eigenvalue weighted by molar-refractivity contribution is 7.57. The summed E-state index contributed by atoms with van der Waals surface area (Å²) in [5, 5.41) is 0. The molecule has 0 fully saturated rings. The summed E-state index contributed by atoms with van der Waals surface area (Å²) in [5.41, 5.74) is 0. The van der Waals surface area contributed by atoms with Gasteiger partial charge in [0.1, 0.15) is 0 Å². The molecule has 0 bridgehead atoms. The summed E-state index contributed by atoms with van der Waals surface area (Å²) in [4.78, 5) is 0. The fourth-order valence-corrected chi connectivity index (χ4v) is 4.02. The third kappa shape index (κ3) is 15.1. The second-order valence-electron chi connectivity index (χ2n) is 3.24. The van der Waals surface area contributed by atoms with Crippen LogP contribution in [0.15, 0.2) is 0 Å². The largest absolute Gasteiger partial charge is 0.147 e. The van der Waals surface area contributed by atoms with Gasteiger partial charge in [0, 0.05) is 0 Å². The van der Waals surface area contributed by atoms with E-state index in [4.69, 9.17) is 0 Å². The van der Waals surface area contributed by atoms with Crippen LogP contribution < -0.4 is 0 Å². The molecule has 0 aromatic rings. The van der Waals surface area contributed by atoms with E-state index >= 15 is 0 Å². The molecule has 3 heteroatoms. The summed E-state index contributed by atoms with van der Waals surface area (Å²) in [7, 11) is 0.892. The Morgan fingerprint density at radius 3 is 0.600 bits per heavy atom. The van der Waals surface area contributed by atoms with Gasteiger partial charge >= 0.3 is 0 Å². The molecule has 0 unspecified atom stereocenters. The van der Waals surface area contributed by atoms with Gasteiger partial charge in [0.15, 0.2) is 0 Å². The van der Waals surface area contributed by atoms with Crippen LogP contribution in [0.1, 0.15) is 41.5 Å². The Bertz CT molecular complexity index is 68.6. The molecule has 0 saturated heterocycles. The summed E-state index contributed by atoms with van der Waals surface area (Å²) in [6.45, 7) is 13.7. The van der Waals surface area contributed by atoms with Crippen LogP contribution in [-0.4, -0.2) is 37.0 Å². The van der Waals surface area contributed by atoms with E-state index < -0.39 is 0 Å². The lowest BCUT2D eigenvalue weighted by molar-refractivity contribution is 1.35. The average molecular weight is 273 g/mol. The lowest BCUT2D eigenvalue weighted by Crippen LogP contribution is -1.83. The Kier molecular flexibility index (Phi) is 25.1. The molecule has 0 rings (SSSR count). The minimum absolute atomic E-state index is 0. The molecular weight excluding hydrogens is 242 g/mol. The maximum Gasteiger partial charge on any atom is -0.0355 e. The fourth-order valence-electron chi connectivity index (χ4n) is 1.34. The molecule has 0 atom stereocenters. The zero-order chi connectivity index (χ0) is 11.4. The molecule has 0 heterocycles. The Morgan fingerprint density at radius 2 is 0.600 bits per heavy atom. The third-order valence-corrected chi connectivity index (χ3v) is 8.05. The standard InChI is InChI=1S/2C6H15P.ClH/c2*1-4-7(5-2)6-3;/h2*4-6H2,1-3H3;1H. The smallest absolute Gasteiger partial charge is 0.0355 e. The SMILES string of the molecule is CCP(CC)CC.CCP(CC)CC.Cl. The Hall–Kier alpha value is 1.15. The van der Waals surface area contributed by atoms with Gasteiger partial charge in [-0.25, -0.2) is 0 Å². The predicted molar refractivity (Wildman–Crippen MR) is 84.3 cm³/mol. The summed E-state index contributed by atoms with van der Waals surface area (Å²) in [6, 6.07) is 0. The van der Waals surface area contributed by atoms with Crippen molar-refractivity contribution in [1.82, 2.24) is 0 Å². The molecule has 15 heavy (non-hydrogen) atoms. The van der Waals surface area contributed by atoms with E-state index in [0.717, 1.165) is 0 Å². The van der Waals surface area contributed by atoms with Crippen molar-refractivity contribution in [2.24, 2.45) is 0 Å². The van der Waals surface area contributed by atoms with Crippen LogP contribution in [0.2, 0.25) is 0 Å². The molecule has 0 nitrogen and oxygen atoms in total. The first-order valence-electron chi connectivity index (χ1n) is 6.14. The first kappa shape index (κ1) is 21.4. The molecule has 0 N–H and O–H groups in total. The van der Waals surface area contributed by atoms with Crippen LogP contribution in [0, 0.1) is 0 Å². The highest BCUT2D eigenvalue weighted by Crippen LogP contribution is 2.32. The van der Waals surface area contributed by atoms with Gasteiger partial charge < -0.3 is 0 Å². The van der Waals surface area contributed by atoms with Crippen LogP contribution in [0.3, 0.4) is 0 Å². The predicted octanol–water partition coefficient (Wildman–Crippen LogP) is 5.48. The first-order valence-corrected chi connectivity index (χ1v) is 9.93. The van der Waals surface area contributed by atoms with Crippen molar-refractivity contribution in [1.29, 1.82) is 0 Å². The highest BCUT2D eigenvalue weighted by Gasteiger charge is 1.94.